The van der Waals surface area contributed by atoms with Crippen molar-refractivity contribution in [3.63, 3.8) is 0 Å². The topological polar surface area (TPSA) is 60.9 Å². The van der Waals surface area contributed by atoms with Gasteiger partial charge in [-0.25, -0.2) is 8.42 Å². The molecule has 19 heavy (non-hydrogen) atoms. The zero-order valence-corrected chi connectivity index (χ0v) is 11.9. The third-order valence-corrected chi connectivity index (χ3v) is 5.46. The van der Waals surface area contributed by atoms with Crippen LogP contribution in [0.2, 0.25) is 0 Å². The highest BCUT2D eigenvalue weighted by molar-refractivity contribution is 7.89. The average Bonchev–Trinajstić information content (AvgIpc) is 2.42. The van der Waals surface area contributed by atoms with Gasteiger partial charge in [-0.3, -0.25) is 0 Å². The van der Waals surface area contributed by atoms with Crippen LogP contribution in [0.1, 0.15) is 6.42 Å². The Labute approximate surface area is 114 Å². The Kier molecular flexibility index (Phi) is 4.57. The molecule has 0 saturated carbocycles. The summed E-state index contributed by atoms with van der Waals surface area (Å²) >= 11 is 0. The van der Waals surface area contributed by atoms with Crippen LogP contribution < -0.4 is 0 Å². The fourth-order valence-corrected chi connectivity index (χ4v) is 3.83. The van der Waals surface area contributed by atoms with Crippen LogP contribution in [0.5, 0.6) is 0 Å². The van der Waals surface area contributed by atoms with E-state index in [0.29, 0.717) is 31.0 Å². The molecule has 1 aromatic carbocycles. The molecule has 1 heterocycles. The number of sulfonamides is 1. The largest absolute Gasteiger partial charge is 0.396 e. The normalized spacial score (nSPS) is 22.5. The second-order valence-corrected chi connectivity index (χ2v) is 6.76. The lowest BCUT2D eigenvalue weighted by atomic mass is 10.1. The molecular formula is C13H20N2O3S. The first-order valence-electron chi connectivity index (χ1n) is 6.42. The van der Waals surface area contributed by atoms with Gasteiger partial charge in [0.2, 0.25) is 10.0 Å². The third kappa shape index (κ3) is 3.14. The minimum absolute atomic E-state index is 0.0776. The Morgan fingerprint density at radius 2 is 1.95 bits per heavy atom. The number of aliphatic hydroxyl groups is 1. The SMILES string of the molecule is CN1CCN(S(=O)(=O)c2ccccc2)C[C@H]1CCO. The summed E-state index contributed by atoms with van der Waals surface area (Å²) in [7, 11) is -1.45. The zero-order chi connectivity index (χ0) is 13.9. The lowest BCUT2D eigenvalue weighted by Gasteiger charge is -2.38. The van der Waals surface area contributed by atoms with Crippen molar-refractivity contribution < 1.29 is 13.5 Å². The predicted octanol–water partition coefficient (Wildman–Crippen LogP) is 0.374. The van der Waals surface area contributed by atoms with Crippen LogP contribution in [0.3, 0.4) is 0 Å². The lowest BCUT2D eigenvalue weighted by molar-refractivity contribution is 0.120. The van der Waals surface area contributed by atoms with Gasteiger partial charge in [-0.1, -0.05) is 18.2 Å². The number of likely N-dealkylation sites (N-methyl/N-ethyl adjacent to an activating group) is 1. The second-order valence-electron chi connectivity index (χ2n) is 4.82. The summed E-state index contributed by atoms with van der Waals surface area (Å²) in [5.41, 5.74) is 0. The first-order valence-corrected chi connectivity index (χ1v) is 7.86. The van der Waals surface area contributed by atoms with Crippen molar-refractivity contribution in [2.24, 2.45) is 0 Å². The van der Waals surface area contributed by atoms with E-state index in [-0.39, 0.29) is 12.6 Å². The van der Waals surface area contributed by atoms with Gasteiger partial charge in [-0.05, 0) is 25.6 Å². The summed E-state index contributed by atoms with van der Waals surface area (Å²) < 4.78 is 26.5. The molecule has 1 fully saturated rings. The summed E-state index contributed by atoms with van der Waals surface area (Å²) in [6.45, 7) is 1.70. The molecule has 1 saturated heterocycles. The van der Waals surface area contributed by atoms with E-state index in [1.165, 1.54) is 4.31 Å². The third-order valence-electron chi connectivity index (χ3n) is 3.58. The molecule has 0 radical (unpaired) electrons. The summed E-state index contributed by atoms with van der Waals surface area (Å²) in [6.07, 6.45) is 0.595. The molecule has 1 N–H and O–H groups in total. The maximum absolute atomic E-state index is 12.5. The van der Waals surface area contributed by atoms with E-state index < -0.39 is 10.0 Å². The quantitative estimate of drug-likeness (QED) is 0.868. The average molecular weight is 284 g/mol. The summed E-state index contributed by atoms with van der Waals surface area (Å²) in [4.78, 5) is 2.44. The Balaban J connectivity index is 2.18. The maximum Gasteiger partial charge on any atom is 0.243 e. The number of nitrogens with zero attached hydrogens (tertiary/aromatic N) is 2. The van der Waals surface area contributed by atoms with Crippen molar-refractivity contribution in [1.29, 1.82) is 0 Å². The number of rotatable bonds is 4. The van der Waals surface area contributed by atoms with Gasteiger partial charge in [0.05, 0.1) is 4.90 Å². The fourth-order valence-electron chi connectivity index (χ4n) is 2.34. The molecule has 1 aromatic rings. The molecule has 6 heteroatoms. The van der Waals surface area contributed by atoms with Crippen molar-refractivity contribution >= 4 is 10.0 Å². The molecule has 5 nitrogen and oxygen atoms in total. The van der Waals surface area contributed by atoms with Crippen molar-refractivity contribution in [3.05, 3.63) is 30.3 Å². The molecule has 0 spiro atoms. The van der Waals surface area contributed by atoms with Crippen LogP contribution in [-0.4, -0.2) is 62.1 Å². The predicted molar refractivity (Wildman–Crippen MR) is 73.3 cm³/mol. The van der Waals surface area contributed by atoms with Gasteiger partial charge in [-0.2, -0.15) is 4.31 Å². The van der Waals surface area contributed by atoms with Gasteiger partial charge in [0, 0.05) is 32.3 Å². The zero-order valence-electron chi connectivity index (χ0n) is 11.1. The Bertz CT molecular complexity index is 504. The summed E-state index contributed by atoms with van der Waals surface area (Å²) in [5, 5.41) is 9.05. The first-order chi connectivity index (χ1) is 9.05. The minimum Gasteiger partial charge on any atom is -0.396 e. The molecule has 1 aliphatic heterocycles. The minimum atomic E-state index is -3.41. The molecule has 2 rings (SSSR count). The molecule has 0 aromatic heterocycles. The van der Waals surface area contributed by atoms with Crippen LogP contribution in [0.15, 0.2) is 35.2 Å². The van der Waals surface area contributed by atoms with E-state index in [2.05, 4.69) is 4.90 Å². The van der Waals surface area contributed by atoms with Crippen molar-refractivity contribution in [3.8, 4) is 0 Å². The number of hydrogen-bond acceptors (Lipinski definition) is 4. The van der Waals surface area contributed by atoms with E-state index in [0.717, 1.165) is 0 Å². The van der Waals surface area contributed by atoms with Crippen LogP contribution in [0, 0.1) is 0 Å². The van der Waals surface area contributed by atoms with E-state index in [1.807, 2.05) is 7.05 Å². The van der Waals surface area contributed by atoms with Crippen molar-refractivity contribution in [2.75, 3.05) is 33.3 Å². The van der Waals surface area contributed by atoms with Gasteiger partial charge < -0.3 is 10.0 Å². The highest BCUT2D eigenvalue weighted by Crippen LogP contribution is 2.20. The monoisotopic (exact) mass is 284 g/mol. The Morgan fingerprint density at radius 1 is 1.26 bits per heavy atom. The van der Waals surface area contributed by atoms with Crippen LogP contribution >= 0.6 is 0 Å². The van der Waals surface area contributed by atoms with E-state index in [4.69, 9.17) is 5.11 Å². The van der Waals surface area contributed by atoms with Crippen LogP contribution in [-0.2, 0) is 10.0 Å². The molecule has 0 amide bonds. The summed E-state index contributed by atoms with van der Waals surface area (Å²) in [5.74, 6) is 0. The van der Waals surface area contributed by atoms with Crippen LogP contribution in [0.4, 0.5) is 0 Å². The fraction of sp³-hybridized carbons (Fsp3) is 0.538. The molecule has 0 bridgehead atoms. The first kappa shape index (κ1) is 14.5. The Morgan fingerprint density at radius 3 is 2.58 bits per heavy atom. The molecular weight excluding hydrogens is 264 g/mol. The highest BCUT2D eigenvalue weighted by Gasteiger charge is 2.32. The maximum atomic E-state index is 12.5. The van der Waals surface area contributed by atoms with E-state index in [1.54, 1.807) is 30.3 Å². The van der Waals surface area contributed by atoms with Gasteiger partial charge in [-0.15, -0.1) is 0 Å². The lowest BCUT2D eigenvalue weighted by Crippen LogP contribution is -2.53. The number of hydrogen-bond donors (Lipinski definition) is 1. The van der Waals surface area contributed by atoms with Gasteiger partial charge in [0.25, 0.3) is 0 Å². The number of benzene rings is 1. The van der Waals surface area contributed by atoms with E-state index >= 15 is 0 Å². The summed E-state index contributed by atoms with van der Waals surface area (Å²) in [6, 6.07) is 8.58. The molecule has 0 unspecified atom stereocenters. The molecule has 1 atom stereocenters. The molecule has 0 aliphatic carbocycles. The highest BCUT2D eigenvalue weighted by atomic mass is 32.2. The number of aliphatic hydroxyl groups excluding tert-OH is 1. The van der Waals surface area contributed by atoms with Gasteiger partial charge in [0.15, 0.2) is 0 Å². The molecule has 1 aliphatic rings. The standard InChI is InChI=1S/C13H20N2O3S/c1-14-8-9-15(11-12(14)7-10-16)19(17,18)13-5-3-2-4-6-13/h2-6,12,16H,7-11H2,1H3/t12-/m1/s1. The van der Waals surface area contributed by atoms with Crippen molar-refractivity contribution in [1.82, 2.24) is 9.21 Å². The number of piperazine rings is 1. The van der Waals surface area contributed by atoms with Crippen LogP contribution in [0.25, 0.3) is 0 Å². The van der Waals surface area contributed by atoms with E-state index in [9.17, 15) is 8.42 Å². The molecule has 106 valence electrons. The second kappa shape index (κ2) is 6.00. The van der Waals surface area contributed by atoms with Gasteiger partial charge in [0.1, 0.15) is 0 Å². The van der Waals surface area contributed by atoms with Gasteiger partial charge >= 0.3 is 0 Å². The van der Waals surface area contributed by atoms with Crippen molar-refractivity contribution in [2.45, 2.75) is 17.4 Å². The smallest absolute Gasteiger partial charge is 0.243 e. The Hall–Kier alpha value is -0.950.